The molecule has 0 radical (unpaired) electrons. The van der Waals surface area contributed by atoms with Crippen LogP contribution in [0.4, 0.5) is 0 Å². The fourth-order valence-corrected chi connectivity index (χ4v) is 1.83. The Bertz CT molecular complexity index is 232. The molecule has 0 bridgehead atoms. The predicted molar refractivity (Wildman–Crippen MR) is 60.4 cm³/mol. The van der Waals surface area contributed by atoms with Gasteiger partial charge < -0.3 is 10.4 Å². The lowest BCUT2D eigenvalue weighted by Gasteiger charge is -2.33. The minimum Gasteiger partial charge on any atom is -0.393 e. The van der Waals surface area contributed by atoms with E-state index in [2.05, 4.69) is 12.2 Å². The highest BCUT2D eigenvalue weighted by atomic mass is 16.3. The number of aliphatic hydroxyl groups is 1. The Morgan fingerprint density at radius 2 is 1.93 bits per heavy atom. The zero-order valence-corrected chi connectivity index (χ0v) is 10.2. The van der Waals surface area contributed by atoms with Crippen molar-refractivity contribution in [3.63, 3.8) is 0 Å². The van der Waals surface area contributed by atoms with Gasteiger partial charge in [0.1, 0.15) is 0 Å². The molecule has 0 aromatic heterocycles. The summed E-state index contributed by atoms with van der Waals surface area (Å²) < 4.78 is 0. The maximum Gasteiger partial charge on any atom is 0.225 e. The molecule has 1 fully saturated rings. The van der Waals surface area contributed by atoms with Gasteiger partial charge in [0.05, 0.1) is 6.10 Å². The predicted octanol–water partition coefficient (Wildman–Crippen LogP) is 1.70. The Labute approximate surface area is 92.3 Å². The van der Waals surface area contributed by atoms with E-state index < -0.39 is 0 Å². The quantitative estimate of drug-likeness (QED) is 0.696. The summed E-state index contributed by atoms with van der Waals surface area (Å²) in [5, 5.41) is 12.7. The van der Waals surface area contributed by atoms with E-state index in [9.17, 15) is 9.90 Å². The number of carbonyl (C=O) groups excluding carboxylic acids is 1. The van der Waals surface area contributed by atoms with Crippen LogP contribution in [0.3, 0.4) is 0 Å². The standard InChI is InChI=1S/C12H23NO2/c1-8-5-6-9(7-10(8)14)13-11(15)12(2,3)4/h8-10,14H,5-7H2,1-4H3,(H,13,15)/t8-,9-,10?/m1/s1. The molecule has 1 aliphatic carbocycles. The van der Waals surface area contributed by atoms with Crippen LogP contribution in [0, 0.1) is 11.3 Å². The van der Waals surface area contributed by atoms with E-state index in [1.54, 1.807) is 0 Å². The summed E-state index contributed by atoms with van der Waals surface area (Å²) in [4.78, 5) is 11.7. The van der Waals surface area contributed by atoms with E-state index in [-0.39, 0.29) is 23.5 Å². The van der Waals surface area contributed by atoms with Gasteiger partial charge in [-0.15, -0.1) is 0 Å². The molecular formula is C12H23NO2. The Morgan fingerprint density at radius 3 is 2.40 bits per heavy atom. The van der Waals surface area contributed by atoms with Crippen molar-refractivity contribution >= 4 is 5.91 Å². The molecule has 0 aliphatic heterocycles. The molecule has 1 saturated carbocycles. The summed E-state index contributed by atoms with van der Waals surface area (Å²) in [6.07, 6.45) is 2.42. The van der Waals surface area contributed by atoms with Crippen molar-refractivity contribution in [2.45, 2.75) is 59.1 Å². The maximum absolute atomic E-state index is 11.7. The van der Waals surface area contributed by atoms with Crippen molar-refractivity contribution in [3.8, 4) is 0 Å². The van der Waals surface area contributed by atoms with Gasteiger partial charge in [0.15, 0.2) is 0 Å². The number of aliphatic hydroxyl groups excluding tert-OH is 1. The third kappa shape index (κ3) is 3.49. The molecule has 15 heavy (non-hydrogen) atoms. The van der Waals surface area contributed by atoms with E-state index in [0.29, 0.717) is 12.3 Å². The van der Waals surface area contributed by atoms with Gasteiger partial charge in [-0.1, -0.05) is 27.7 Å². The first-order chi connectivity index (χ1) is 6.80. The third-order valence-electron chi connectivity index (χ3n) is 3.17. The molecule has 2 N–H and O–H groups in total. The van der Waals surface area contributed by atoms with Crippen LogP contribution in [0.1, 0.15) is 47.0 Å². The molecule has 1 unspecified atom stereocenters. The average molecular weight is 213 g/mol. The molecule has 1 aliphatic rings. The van der Waals surface area contributed by atoms with Crippen LogP contribution in [-0.2, 0) is 4.79 Å². The number of amides is 1. The van der Waals surface area contributed by atoms with Crippen molar-refractivity contribution in [1.82, 2.24) is 5.32 Å². The Kier molecular flexibility index (Phi) is 3.77. The molecule has 0 aromatic rings. The van der Waals surface area contributed by atoms with Crippen LogP contribution in [0.25, 0.3) is 0 Å². The molecule has 3 nitrogen and oxygen atoms in total. The first-order valence-electron chi connectivity index (χ1n) is 5.79. The number of carbonyl (C=O) groups is 1. The van der Waals surface area contributed by atoms with Gasteiger partial charge in [-0.05, 0) is 25.2 Å². The normalized spacial score (nSPS) is 32.5. The first kappa shape index (κ1) is 12.5. The van der Waals surface area contributed by atoms with E-state index in [4.69, 9.17) is 0 Å². The van der Waals surface area contributed by atoms with Crippen molar-refractivity contribution < 1.29 is 9.90 Å². The van der Waals surface area contributed by atoms with E-state index in [1.807, 2.05) is 20.8 Å². The Morgan fingerprint density at radius 1 is 1.33 bits per heavy atom. The fourth-order valence-electron chi connectivity index (χ4n) is 1.83. The largest absolute Gasteiger partial charge is 0.393 e. The van der Waals surface area contributed by atoms with Gasteiger partial charge in [-0.3, -0.25) is 4.79 Å². The molecule has 1 amide bonds. The number of rotatable bonds is 1. The molecule has 0 heterocycles. The molecule has 0 saturated heterocycles. The monoisotopic (exact) mass is 213 g/mol. The van der Waals surface area contributed by atoms with Crippen LogP contribution in [0.5, 0.6) is 0 Å². The Hall–Kier alpha value is -0.570. The molecule has 0 spiro atoms. The molecule has 3 heteroatoms. The lowest BCUT2D eigenvalue weighted by Crippen LogP contribution is -2.46. The van der Waals surface area contributed by atoms with E-state index >= 15 is 0 Å². The lowest BCUT2D eigenvalue weighted by atomic mass is 9.84. The van der Waals surface area contributed by atoms with Crippen molar-refractivity contribution in [3.05, 3.63) is 0 Å². The van der Waals surface area contributed by atoms with Gasteiger partial charge >= 0.3 is 0 Å². The van der Waals surface area contributed by atoms with Gasteiger partial charge in [-0.25, -0.2) is 0 Å². The second-order valence-electron chi connectivity index (χ2n) is 5.78. The highest BCUT2D eigenvalue weighted by Gasteiger charge is 2.29. The van der Waals surface area contributed by atoms with Gasteiger partial charge in [0.25, 0.3) is 0 Å². The minimum atomic E-state index is -0.339. The molecule has 1 rings (SSSR count). The van der Waals surface area contributed by atoms with Crippen LogP contribution < -0.4 is 5.32 Å². The minimum absolute atomic E-state index is 0.0780. The summed E-state index contributed by atoms with van der Waals surface area (Å²) >= 11 is 0. The average Bonchev–Trinajstić information content (AvgIpc) is 2.10. The molecular weight excluding hydrogens is 190 g/mol. The summed E-state index contributed by atoms with van der Waals surface area (Å²) in [5.74, 6) is 0.446. The molecule has 0 aromatic carbocycles. The smallest absolute Gasteiger partial charge is 0.225 e. The number of nitrogens with one attached hydrogen (secondary N) is 1. The maximum atomic E-state index is 11.7. The SMILES string of the molecule is C[C@@H]1CC[C@@H](NC(=O)C(C)(C)C)CC1O. The van der Waals surface area contributed by atoms with Crippen molar-refractivity contribution in [1.29, 1.82) is 0 Å². The zero-order valence-electron chi connectivity index (χ0n) is 10.2. The molecule has 3 atom stereocenters. The fraction of sp³-hybridized carbons (Fsp3) is 0.917. The molecule has 88 valence electrons. The summed E-state index contributed by atoms with van der Waals surface area (Å²) in [6, 6.07) is 0.155. The lowest BCUT2D eigenvalue weighted by molar-refractivity contribution is -0.129. The highest BCUT2D eigenvalue weighted by molar-refractivity contribution is 5.81. The summed E-state index contributed by atoms with van der Waals surface area (Å²) in [5.41, 5.74) is -0.339. The number of hydrogen-bond donors (Lipinski definition) is 2. The van der Waals surface area contributed by atoms with Gasteiger partial charge in [-0.2, -0.15) is 0 Å². The van der Waals surface area contributed by atoms with Gasteiger partial charge in [0.2, 0.25) is 5.91 Å². The van der Waals surface area contributed by atoms with Crippen LogP contribution >= 0.6 is 0 Å². The summed E-state index contributed by atoms with van der Waals surface area (Å²) in [7, 11) is 0. The second-order valence-corrected chi connectivity index (χ2v) is 5.78. The van der Waals surface area contributed by atoms with Gasteiger partial charge in [0, 0.05) is 11.5 Å². The topological polar surface area (TPSA) is 49.3 Å². The van der Waals surface area contributed by atoms with Crippen LogP contribution in [0.15, 0.2) is 0 Å². The second kappa shape index (κ2) is 4.52. The Balaban J connectivity index is 2.44. The van der Waals surface area contributed by atoms with Crippen molar-refractivity contribution in [2.75, 3.05) is 0 Å². The van der Waals surface area contributed by atoms with E-state index in [1.165, 1.54) is 0 Å². The summed E-state index contributed by atoms with van der Waals surface area (Å²) in [6.45, 7) is 7.78. The highest BCUT2D eigenvalue weighted by Crippen LogP contribution is 2.25. The first-order valence-corrected chi connectivity index (χ1v) is 5.79. The van der Waals surface area contributed by atoms with E-state index in [0.717, 1.165) is 12.8 Å². The zero-order chi connectivity index (χ0) is 11.6. The third-order valence-corrected chi connectivity index (χ3v) is 3.17. The number of hydrogen-bond acceptors (Lipinski definition) is 2. The van der Waals surface area contributed by atoms with Crippen molar-refractivity contribution in [2.24, 2.45) is 11.3 Å². The van der Waals surface area contributed by atoms with Crippen LogP contribution in [-0.4, -0.2) is 23.2 Å². The van der Waals surface area contributed by atoms with Crippen LogP contribution in [0.2, 0.25) is 0 Å².